The molecule has 0 aromatic heterocycles. The van der Waals surface area contributed by atoms with Gasteiger partial charge in [-0.25, -0.2) is 0 Å². The number of para-hydroxylation sites is 1. The maximum Gasteiger partial charge on any atom is 0.234 e. The van der Waals surface area contributed by atoms with Gasteiger partial charge in [-0.05, 0) is 31.4 Å². The van der Waals surface area contributed by atoms with Gasteiger partial charge in [0.1, 0.15) is 5.60 Å². The Morgan fingerprint density at radius 2 is 2.00 bits per heavy atom. The van der Waals surface area contributed by atoms with Crippen LogP contribution in [-0.4, -0.2) is 36.1 Å². The van der Waals surface area contributed by atoms with Crippen molar-refractivity contribution in [1.82, 2.24) is 5.32 Å². The lowest BCUT2D eigenvalue weighted by Crippen LogP contribution is -2.46. The number of hydrogen-bond acceptors (Lipinski definition) is 3. The molecule has 1 aromatic carbocycles. The quantitative estimate of drug-likeness (QED) is 0.736. The van der Waals surface area contributed by atoms with Crippen LogP contribution in [-0.2, 0) is 14.3 Å². The molecule has 0 radical (unpaired) electrons. The first-order valence-corrected chi connectivity index (χ1v) is 10.5. The molecule has 2 bridgehead atoms. The highest BCUT2D eigenvalue weighted by Gasteiger charge is 2.67. The summed E-state index contributed by atoms with van der Waals surface area (Å²) in [7, 11) is 0. The summed E-state index contributed by atoms with van der Waals surface area (Å²) in [5, 5.41) is 3.14. The van der Waals surface area contributed by atoms with Gasteiger partial charge in [0, 0.05) is 11.7 Å². The molecule has 28 heavy (non-hydrogen) atoms. The monoisotopic (exact) mass is 382 g/mol. The predicted molar refractivity (Wildman–Crippen MR) is 109 cm³/mol. The second-order valence-electron chi connectivity index (χ2n) is 8.89. The number of hydrogen-bond donors (Lipinski definition) is 1. The number of benzene rings is 1. The van der Waals surface area contributed by atoms with E-state index in [1.165, 1.54) is 0 Å². The molecular weight excluding hydrogens is 352 g/mol. The van der Waals surface area contributed by atoms with Crippen LogP contribution in [0.3, 0.4) is 0 Å². The van der Waals surface area contributed by atoms with Crippen molar-refractivity contribution in [1.29, 1.82) is 0 Å². The van der Waals surface area contributed by atoms with Crippen LogP contribution in [0.25, 0.3) is 0 Å². The maximum atomic E-state index is 13.3. The minimum absolute atomic E-state index is 0.00865. The number of rotatable bonds is 7. The van der Waals surface area contributed by atoms with Crippen LogP contribution >= 0.6 is 0 Å². The normalized spacial score (nSPS) is 31.5. The van der Waals surface area contributed by atoms with Gasteiger partial charge in [0.15, 0.2) is 0 Å². The summed E-state index contributed by atoms with van der Waals surface area (Å²) in [6.07, 6.45) is 6.88. The number of anilines is 1. The first kappa shape index (κ1) is 19.2. The second kappa shape index (κ2) is 7.36. The van der Waals surface area contributed by atoms with E-state index in [-0.39, 0.29) is 24.0 Å². The lowest BCUT2D eigenvalue weighted by atomic mass is 9.76. The van der Waals surface area contributed by atoms with Crippen molar-refractivity contribution in [2.75, 3.05) is 11.4 Å². The van der Waals surface area contributed by atoms with Crippen LogP contribution in [0.15, 0.2) is 42.5 Å². The number of amides is 2. The molecule has 2 amide bonds. The van der Waals surface area contributed by atoms with E-state index in [1.54, 1.807) is 4.90 Å². The van der Waals surface area contributed by atoms with E-state index in [4.69, 9.17) is 4.74 Å². The van der Waals surface area contributed by atoms with Gasteiger partial charge in [-0.1, -0.05) is 57.0 Å². The average molecular weight is 383 g/mol. The largest absolute Gasteiger partial charge is 0.360 e. The Hall–Kier alpha value is -2.14. The van der Waals surface area contributed by atoms with E-state index in [0.717, 1.165) is 24.9 Å². The highest BCUT2D eigenvalue weighted by atomic mass is 16.5. The molecule has 5 atom stereocenters. The molecule has 2 fully saturated rings. The summed E-state index contributed by atoms with van der Waals surface area (Å²) in [6, 6.07) is 9.74. The molecule has 5 nitrogen and oxygen atoms in total. The number of ether oxygens (including phenoxy) is 1. The Balaban J connectivity index is 1.47. The van der Waals surface area contributed by atoms with Crippen LogP contribution in [0.1, 0.15) is 40.0 Å². The minimum atomic E-state index is -0.666. The van der Waals surface area contributed by atoms with E-state index in [0.29, 0.717) is 12.5 Å². The van der Waals surface area contributed by atoms with Gasteiger partial charge in [0.25, 0.3) is 0 Å². The van der Waals surface area contributed by atoms with Gasteiger partial charge >= 0.3 is 0 Å². The molecule has 150 valence electrons. The lowest BCUT2D eigenvalue weighted by molar-refractivity contribution is -0.132. The highest BCUT2D eigenvalue weighted by Crippen LogP contribution is 2.52. The maximum absolute atomic E-state index is 13.3. The number of fused-ring (bicyclic) bond motifs is 1. The molecule has 3 aliphatic heterocycles. The number of carbonyl (C=O) groups is 2. The molecular formula is C23H30N2O3. The van der Waals surface area contributed by atoms with Gasteiger partial charge < -0.3 is 15.0 Å². The molecule has 5 heteroatoms. The van der Waals surface area contributed by atoms with Crippen LogP contribution < -0.4 is 10.2 Å². The van der Waals surface area contributed by atoms with Gasteiger partial charge in [-0.3, -0.25) is 9.59 Å². The van der Waals surface area contributed by atoms with E-state index in [2.05, 4.69) is 19.2 Å². The zero-order chi connectivity index (χ0) is 19.9. The number of carbonyl (C=O) groups excluding carboxylic acids is 2. The van der Waals surface area contributed by atoms with Gasteiger partial charge in [0.05, 0.1) is 24.5 Å². The van der Waals surface area contributed by atoms with Gasteiger partial charge in [0.2, 0.25) is 11.8 Å². The number of nitrogens with zero attached hydrogens (tertiary/aromatic N) is 1. The molecule has 1 spiro atoms. The SMILES string of the molecule is CC(C)CCC[C@H](C)NC(=O)[C@@H]1[C@H]2C(=O)N(c3ccccc3)C[C@]23C=C[C@H]1O3. The summed E-state index contributed by atoms with van der Waals surface area (Å²) in [5.74, 6) is -0.275. The first-order valence-electron chi connectivity index (χ1n) is 10.5. The smallest absolute Gasteiger partial charge is 0.234 e. The van der Waals surface area contributed by atoms with E-state index < -0.39 is 17.4 Å². The van der Waals surface area contributed by atoms with E-state index >= 15 is 0 Å². The average Bonchev–Trinajstić information content (AvgIpc) is 3.30. The topological polar surface area (TPSA) is 58.6 Å². The standard InChI is InChI=1S/C23H30N2O3/c1-15(2)8-7-9-16(3)24-21(26)19-18-12-13-23(28-18)14-25(22(27)20(19)23)17-10-5-4-6-11-17/h4-6,10-13,15-16,18-20H,7-9,14H2,1-3H3,(H,24,26)/t16-,18+,19-,20-,23+/m0/s1. The van der Waals surface area contributed by atoms with Crippen molar-refractivity contribution < 1.29 is 14.3 Å². The minimum Gasteiger partial charge on any atom is -0.360 e. The molecule has 0 aliphatic carbocycles. The van der Waals surface area contributed by atoms with Gasteiger partial charge in [-0.2, -0.15) is 0 Å². The van der Waals surface area contributed by atoms with Crippen LogP contribution in [0.5, 0.6) is 0 Å². The van der Waals surface area contributed by atoms with Crippen molar-refractivity contribution in [2.24, 2.45) is 17.8 Å². The Morgan fingerprint density at radius 3 is 2.71 bits per heavy atom. The van der Waals surface area contributed by atoms with Crippen molar-refractivity contribution in [3.63, 3.8) is 0 Å². The molecule has 4 rings (SSSR count). The molecule has 0 saturated carbocycles. The third-order valence-corrected chi connectivity index (χ3v) is 6.28. The van der Waals surface area contributed by atoms with E-state index in [9.17, 15) is 9.59 Å². The van der Waals surface area contributed by atoms with Crippen molar-refractivity contribution >= 4 is 17.5 Å². The summed E-state index contributed by atoms with van der Waals surface area (Å²) in [5.41, 5.74) is 0.193. The van der Waals surface area contributed by atoms with Crippen molar-refractivity contribution in [3.8, 4) is 0 Å². The number of nitrogens with one attached hydrogen (secondary N) is 1. The second-order valence-corrected chi connectivity index (χ2v) is 8.89. The zero-order valence-corrected chi connectivity index (χ0v) is 16.9. The van der Waals surface area contributed by atoms with Crippen LogP contribution in [0.2, 0.25) is 0 Å². The first-order chi connectivity index (χ1) is 13.4. The fourth-order valence-corrected chi connectivity index (χ4v) is 4.87. The Labute approximate surface area is 167 Å². The predicted octanol–water partition coefficient (Wildman–Crippen LogP) is 3.30. The van der Waals surface area contributed by atoms with E-state index in [1.807, 2.05) is 49.4 Å². The van der Waals surface area contributed by atoms with Crippen LogP contribution in [0, 0.1) is 17.8 Å². The summed E-state index contributed by atoms with van der Waals surface area (Å²) in [6.45, 7) is 6.95. The molecule has 1 aromatic rings. The van der Waals surface area contributed by atoms with Crippen molar-refractivity contribution in [2.45, 2.75) is 57.8 Å². The third kappa shape index (κ3) is 3.26. The molecule has 3 aliphatic rings. The molecule has 3 heterocycles. The van der Waals surface area contributed by atoms with Crippen molar-refractivity contribution in [3.05, 3.63) is 42.5 Å². The molecule has 2 saturated heterocycles. The van der Waals surface area contributed by atoms with Gasteiger partial charge in [-0.15, -0.1) is 0 Å². The Morgan fingerprint density at radius 1 is 1.25 bits per heavy atom. The fourth-order valence-electron chi connectivity index (χ4n) is 4.87. The molecule has 0 unspecified atom stereocenters. The Bertz CT molecular complexity index is 775. The summed E-state index contributed by atoms with van der Waals surface area (Å²) < 4.78 is 6.20. The summed E-state index contributed by atoms with van der Waals surface area (Å²) in [4.78, 5) is 28.1. The third-order valence-electron chi connectivity index (χ3n) is 6.28. The van der Waals surface area contributed by atoms with Crippen LogP contribution in [0.4, 0.5) is 5.69 Å². The summed E-state index contributed by atoms with van der Waals surface area (Å²) >= 11 is 0. The molecule has 1 N–H and O–H groups in total. The zero-order valence-electron chi connectivity index (χ0n) is 16.9. The fraction of sp³-hybridized carbons (Fsp3) is 0.565. The lowest BCUT2D eigenvalue weighted by Gasteiger charge is -2.25. The Kier molecular flexibility index (Phi) is 5.04. The highest BCUT2D eigenvalue weighted by molar-refractivity contribution is 6.03.